The number of esters is 2. The van der Waals surface area contributed by atoms with E-state index in [-0.39, 0.29) is 6.42 Å². The highest BCUT2D eigenvalue weighted by Gasteiger charge is 2.50. The lowest BCUT2D eigenvalue weighted by Crippen LogP contribution is -2.38. The summed E-state index contributed by atoms with van der Waals surface area (Å²) in [6.45, 7) is 0. The number of amides is 2. The maximum atomic E-state index is 12.5. The van der Waals surface area contributed by atoms with Crippen molar-refractivity contribution < 1.29 is 28.7 Å². The van der Waals surface area contributed by atoms with Crippen LogP contribution in [-0.2, 0) is 28.7 Å². The number of benzene rings is 1. The Labute approximate surface area is 126 Å². The van der Waals surface area contributed by atoms with Crippen molar-refractivity contribution in [2.75, 3.05) is 19.1 Å². The molecule has 0 bridgehead atoms. The normalized spacial score (nSPS) is 17.8. The van der Waals surface area contributed by atoms with Gasteiger partial charge >= 0.3 is 11.9 Å². The van der Waals surface area contributed by atoms with Crippen molar-refractivity contribution in [2.24, 2.45) is 11.8 Å². The van der Waals surface area contributed by atoms with Gasteiger partial charge in [0.2, 0.25) is 11.8 Å². The first kappa shape index (κ1) is 15.7. The number of methoxy groups -OCH3 is 2. The van der Waals surface area contributed by atoms with Crippen molar-refractivity contribution >= 4 is 29.4 Å². The van der Waals surface area contributed by atoms with Crippen molar-refractivity contribution in [3.8, 4) is 0 Å². The van der Waals surface area contributed by atoms with Crippen molar-refractivity contribution in [1.82, 2.24) is 0 Å². The standard InChI is InChI=1S/C15H15NO6/c1-21-14(19)12(15(20)22-2)10-8-11(17)16(13(10)18)9-6-4-3-5-7-9/h3-7,10,12H,8H2,1-2H3/t10-/m0/s1. The van der Waals surface area contributed by atoms with Crippen molar-refractivity contribution in [1.29, 1.82) is 0 Å². The van der Waals surface area contributed by atoms with Crippen LogP contribution >= 0.6 is 0 Å². The van der Waals surface area contributed by atoms with E-state index in [2.05, 4.69) is 9.47 Å². The maximum Gasteiger partial charge on any atom is 0.320 e. The van der Waals surface area contributed by atoms with E-state index in [4.69, 9.17) is 0 Å². The Morgan fingerprint density at radius 3 is 2.14 bits per heavy atom. The van der Waals surface area contributed by atoms with Crippen LogP contribution in [0.5, 0.6) is 0 Å². The first-order valence-corrected chi connectivity index (χ1v) is 6.58. The number of carbonyl (C=O) groups excluding carboxylic acids is 4. The number of hydrogen-bond donors (Lipinski definition) is 0. The molecule has 0 N–H and O–H groups in total. The van der Waals surface area contributed by atoms with Gasteiger partial charge in [0.05, 0.1) is 25.8 Å². The van der Waals surface area contributed by atoms with Crippen molar-refractivity contribution in [3.63, 3.8) is 0 Å². The van der Waals surface area contributed by atoms with Crippen LogP contribution in [0.2, 0.25) is 0 Å². The van der Waals surface area contributed by atoms with E-state index in [0.29, 0.717) is 5.69 Å². The van der Waals surface area contributed by atoms with Gasteiger partial charge in [-0.3, -0.25) is 24.1 Å². The molecule has 1 heterocycles. The van der Waals surface area contributed by atoms with E-state index in [1.165, 1.54) is 0 Å². The predicted molar refractivity (Wildman–Crippen MR) is 74.6 cm³/mol. The fourth-order valence-electron chi connectivity index (χ4n) is 2.44. The van der Waals surface area contributed by atoms with Gasteiger partial charge in [-0.1, -0.05) is 18.2 Å². The summed E-state index contributed by atoms with van der Waals surface area (Å²) in [5.41, 5.74) is 0.397. The maximum absolute atomic E-state index is 12.5. The second-order valence-corrected chi connectivity index (χ2v) is 4.74. The molecule has 2 rings (SSSR count). The van der Waals surface area contributed by atoms with E-state index in [0.717, 1.165) is 19.1 Å². The van der Waals surface area contributed by atoms with Crippen LogP contribution in [0.25, 0.3) is 0 Å². The number of anilines is 1. The van der Waals surface area contributed by atoms with Crippen molar-refractivity contribution in [3.05, 3.63) is 30.3 Å². The largest absolute Gasteiger partial charge is 0.468 e. The Balaban J connectivity index is 2.34. The SMILES string of the molecule is COC(=O)C(C(=O)OC)[C@@H]1CC(=O)N(c2ccccc2)C1=O. The lowest BCUT2D eigenvalue weighted by molar-refractivity contribution is -0.163. The monoisotopic (exact) mass is 305 g/mol. The Kier molecular flexibility index (Phi) is 4.55. The molecule has 116 valence electrons. The molecule has 1 atom stereocenters. The molecule has 1 saturated heterocycles. The molecule has 1 aromatic carbocycles. The third-order valence-corrected chi connectivity index (χ3v) is 3.51. The van der Waals surface area contributed by atoms with E-state index < -0.39 is 35.6 Å². The smallest absolute Gasteiger partial charge is 0.320 e. The number of hydrogen-bond acceptors (Lipinski definition) is 6. The quantitative estimate of drug-likeness (QED) is 0.458. The molecule has 0 saturated carbocycles. The third kappa shape index (κ3) is 2.69. The van der Waals surface area contributed by atoms with Crippen LogP contribution in [-0.4, -0.2) is 38.0 Å². The van der Waals surface area contributed by atoms with E-state index in [1.54, 1.807) is 30.3 Å². The zero-order valence-electron chi connectivity index (χ0n) is 12.1. The van der Waals surface area contributed by atoms with Crippen LogP contribution < -0.4 is 4.90 Å². The second kappa shape index (κ2) is 6.38. The Hall–Kier alpha value is -2.70. The predicted octanol–water partition coefficient (Wildman–Crippen LogP) is 0.528. The molecule has 7 heteroatoms. The van der Waals surface area contributed by atoms with E-state index in [1.807, 2.05) is 0 Å². The van der Waals surface area contributed by atoms with Gasteiger partial charge in [-0.05, 0) is 12.1 Å². The summed E-state index contributed by atoms with van der Waals surface area (Å²) in [6.07, 6.45) is -0.247. The Morgan fingerprint density at radius 1 is 1.09 bits per heavy atom. The molecule has 1 fully saturated rings. The summed E-state index contributed by atoms with van der Waals surface area (Å²) in [5.74, 6) is -5.44. The fraction of sp³-hybridized carbons (Fsp3) is 0.333. The molecular formula is C15H15NO6. The molecule has 0 unspecified atom stereocenters. The van der Waals surface area contributed by atoms with Crippen LogP contribution in [0.3, 0.4) is 0 Å². The summed E-state index contributed by atoms with van der Waals surface area (Å²) in [4.78, 5) is 49.2. The molecule has 2 amide bonds. The van der Waals surface area contributed by atoms with Gasteiger partial charge in [0, 0.05) is 6.42 Å². The molecule has 22 heavy (non-hydrogen) atoms. The Morgan fingerprint density at radius 2 is 1.64 bits per heavy atom. The number of nitrogens with zero attached hydrogens (tertiary/aromatic N) is 1. The number of ether oxygens (including phenoxy) is 2. The van der Waals surface area contributed by atoms with Crippen LogP contribution in [0.4, 0.5) is 5.69 Å². The molecule has 1 aliphatic rings. The lowest BCUT2D eigenvalue weighted by atomic mass is 9.91. The number of imide groups is 1. The highest BCUT2D eigenvalue weighted by Crippen LogP contribution is 2.32. The summed E-state index contributed by atoms with van der Waals surface area (Å²) >= 11 is 0. The number of para-hydroxylation sites is 1. The minimum absolute atomic E-state index is 0.247. The highest BCUT2D eigenvalue weighted by atomic mass is 16.5. The Bertz CT molecular complexity index is 596. The van der Waals surface area contributed by atoms with E-state index >= 15 is 0 Å². The van der Waals surface area contributed by atoms with Crippen LogP contribution in [0.15, 0.2) is 30.3 Å². The molecule has 7 nitrogen and oxygen atoms in total. The third-order valence-electron chi connectivity index (χ3n) is 3.51. The molecule has 1 aliphatic heterocycles. The average Bonchev–Trinajstić information content (AvgIpc) is 2.82. The first-order chi connectivity index (χ1) is 10.5. The van der Waals surface area contributed by atoms with Crippen LogP contribution in [0, 0.1) is 11.8 Å². The summed E-state index contributed by atoms with van der Waals surface area (Å²) < 4.78 is 9.10. The molecule has 0 radical (unpaired) electrons. The molecule has 1 aromatic rings. The summed E-state index contributed by atoms with van der Waals surface area (Å²) in [5, 5.41) is 0. The van der Waals surface area contributed by atoms with E-state index in [9.17, 15) is 19.2 Å². The minimum Gasteiger partial charge on any atom is -0.468 e. The zero-order chi connectivity index (χ0) is 16.3. The average molecular weight is 305 g/mol. The highest BCUT2D eigenvalue weighted by molar-refractivity contribution is 6.22. The fourth-order valence-corrected chi connectivity index (χ4v) is 2.44. The zero-order valence-corrected chi connectivity index (χ0v) is 12.1. The minimum atomic E-state index is -1.44. The van der Waals surface area contributed by atoms with Crippen molar-refractivity contribution in [2.45, 2.75) is 6.42 Å². The molecule has 0 aliphatic carbocycles. The molecular weight excluding hydrogens is 290 g/mol. The summed E-state index contributed by atoms with van der Waals surface area (Å²) in [6, 6.07) is 8.31. The van der Waals surface area contributed by atoms with Crippen LogP contribution in [0.1, 0.15) is 6.42 Å². The first-order valence-electron chi connectivity index (χ1n) is 6.58. The van der Waals surface area contributed by atoms with Gasteiger partial charge in [0.1, 0.15) is 0 Å². The number of rotatable bonds is 4. The lowest BCUT2D eigenvalue weighted by Gasteiger charge is -2.18. The topological polar surface area (TPSA) is 90.0 Å². The van der Waals surface area contributed by atoms with Gasteiger partial charge in [-0.15, -0.1) is 0 Å². The molecule has 0 spiro atoms. The molecule has 0 aromatic heterocycles. The van der Waals surface area contributed by atoms with Gasteiger partial charge in [0.15, 0.2) is 5.92 Å². The number of carbonyl (C=O) groups is 4. The summed E-state index contributed by atoms with van der Waals surface area (Å²) in [7, 11) is 2.21. The van der Waals surface area contributed by atoms with Gasteiger partial charge in [-0.2, -0.15) is 0 Å². The second-order valence-electron chi connectivity index (χ2n) is 4.74. The van der Waals surface area contributed by atoms with Gasteiger partial charge in [-0.25, -0.2) is 0 Å². The van der Waals surface area contributed by atoms with Gasteiger partial charge in [0.25, 0.3) is 0 Å². The van der Waals surface area contributed by atoms with Gasteiger partial charge < -0.3 is 9.47 Å².